The summed E-state index contributed by atoms with van der Waals surface area (Å²) in [7, 11) is 2.61. The summed E-state index contributed by atoms with van der Waals surface area (Å²) in [6.07, 6.45) is 3.53. The zero-order valence-electron chi connectivity index (χ0n) is 26.7. The molecule has 0 aliphatic rings. The molecule has 0 unspecified atom stereocenters. The molecule has 0 saturated carbocycles. The molecule has 0 saturated heterocycles. The third-order valence-corrected chi connectivity index (χ3v) is 7.64. The summed E-state index contributed by atoms with van der Waals surface area (Å²) < 4.78 is 36.0. The van der Waals surface area contributed by atoms with Crippen LogP contribution in [0.25, 0.3) is 0 Å². The summed E-state index contributed by atoms with van der Waals surface area (Å²) in [5.41, 5.74) is 4.28. The number of amides is 1. The van der Waals surface area contributed by atoms with E-state index in [-0.39, 0.29) is 23.6 Å². The fourth-order valence-corrected chi connectivity index (χ4v) is 5.08. The number of benzene rings is 3. The molecule has 8 nitrogen and oxygen atoms in total. The van der Waals surface area contributed by atoms with E-state index in [2.05, 4.69) is 24.8 Å². The molecule has 1 amide bonds. The van der Waals surface area contributed by atoms with Crippen molar-refractivity contribution >= 4 is 41.0 Å². The Kier molecular flexibility index (Phi) is 12.9. The number of esters is 2. The monoisotopic (exact) mass is 705 g/mol. The molecular formula is C37H31Cl2F2N3O5. The van der Waals surface area contributed by atoms with Crippen molar-refractivity contribution in [3.8, 4) is 0 Å². The van der Waals surface area contributed by atoms with Crippen LogP contribution in [0, 0.1) is 11.6 Å². The Morgan fingerprint density at radius 3 is 1.69 bits per heavy atom. The number of hydrogen-bond acceptors (Lipinski definition) is 7. The maximum Gasteiger partial charge on any atom is 0.339 e. The molecule has 252 valence electrons. The van der Waals surface area contributed by atoms with Gasteiger partial charge in [-0.2, -0.15) is 0 Å². The number of ether oxygens (including phenoxy) is 2. The van der Waals surface area contributed by atoms with Crippen molar-refractivity contribution in [2.24, 2.45) is 0 Å². The first-order valence-electron chi connectivity index (χ1n) is 14.8. The summed E-state index contributed by atoms with van der Waals surface area (Å²) in [5.74, 6) is -1.96. The van der Waals surface area contributed by atoms with Crippen LogP contribution in [0.2, 0.25) is 10.0 Å². The van der Waals surface area contributed by atoms with Crippen molar-refractivity contribution in [2.75, 3.05) is 14.2 Å². The van der Waals surface area contributed by atoms with Crippen molar-refractivity contribution in [2.45, 2.75) is 25.8 Å². The van der Waals surface area contributed by atoms with Gasteiger partial charge >= 0.3 is 11.9 Å². The molecule has 0 aliphatic heterocycles. The van der Waals surface area contributed by atoms with E-state index in [4.69, 9.17) is 23.2 Å². The lowest BCUT2D eigenvalue weighted by Crippen LogP contribution is -2.28. The summed E-state index contributed by atoms with van der Waals surface area (Å²) in [6.45, 7) is 1.83. The number of nitrogens with one attached hydrogen (secondary N) is 1. The van der Waals surface area contributed by atoms with Gasteiger partial charge in [0, 0.05) is 25.2 Å². The average Bonchev–Trinajstić information content (AvgIpc) is 3.09. The molecule has 2 aromatic heterocycles. The Balaban J connectivity index is 0.000000244. The molecule has 0 spiro atoms. The molecule has 3 aromatic carbocycles. The van der Waals surface area contributed by atoms with E-state index in [0.29, 0.717) is 56.5 Å². The number of rotatable bonds is 9. The van der Waals surface area contributed by atoms with Crippen LogP contribution in [-0.4, -0.2) is 42.0 Å². The van der Waals surface area contributed by atoms with Gasteiger partial charge in [0.1, 0.15) is 11.6 Å². The largest absolute Gasteiger partial charge is 0.465 e. The zero-order chi connectivity index (χ0) is 35.5. The number of nitrogens with zero attached hydrogens (tertiary/aromatic N) is 2. The van der Waals surface area contributed by atoms with Gasteiger partial charge in [-0.05, 0) is 72.1 Å². The quantitative estimate of drug-likeness (QED) is 0.155. The second-order valence-corrected chi connectivity index (χ2v) is 11.6. The number of methoxy groups -OCH3 is 2. The van der Waals surface area contributed by atoms with Crippen molar-refractivity contribution in [3.63, 3.8) is 0 Å². The van der Waals surface area contributed by atoms with E-state index in [1.54, 1.807) is 54.6 Å². The number of hydrogen-bond donors (Lipinski definition) is 1. The summed E-state index contributed by atoms with van der Waals surface area (Å²) >= 11 is 11.9. The van der Waals surface area contributed by atoms with E-state index in [0.717, 1.165) is 11.1 Å². The number of aromatic nitrogens is 2. The van der Waals surface area contributed by atoms with Gasteiger partial charge in [0.05, 0.1) is 58.4 Å². The highest BCUT2D eigenvalue weighted by atomic mass is 35.5. The molecule has 2 heterocycles. The number of pyridine rings is 2. The van der Waals surface area contributed by atoms with Crippen molar-refractivity contribution in [1.29, 1.82) is 0 Å². The molecule has 0 fully saturated rings. The molecule has 5 rings (SSSR count). The van der Waals surface area contributed by atoms with Crippen molar-refractivity contribution in [1.82, 2.24) is 15.3 Å². The normalized spacial score (nSPS) is 11.1. The maximum atomic E-state index is 13.5. The maximum absolute atomic E-state index is 13.5. The van der Waals surface area contributed by atoms with E-state index in [1.807, 2.05) is 6.92 Å². The first-order valence-corrected chi connectivity index (χ1v) is 15.6. The lowest BCUT2D eigenvalue weighted by atomic mass is 10.0. The first-order chi connectivity index (χ1) is 23.5. The topological polar surface area (TPSA) is 107 Å². The highest BCUT2D eigenvalue weighted by Crippen LogP contribution is 2.21. The standard InChI is InChI=1S/C23H20ClFN2O3.C14H11ClFNO2/c1-14(16-6-8-17(9-7-16)23(29)30-2)27-22(28)20-12-18(24)13-26-21(20)11-15-4-3-5-19(25)10-15;1-19-14(18)12-7-10(15)8-17-13(12)6-9-3-2-4-11(16)5-9/h3-10,12-14H,11H2,1-2H3,(H,27,28);2-5,7-8H,6H2,1H3/t14-;/m0./s1. The Hall–Kier alpha value is -5.19. The van der Waals surface area contributed by atoms with Crippen LogP contribution >= 0.6 is 23.2 Å². The zero-order valence-corrected chi connectivity index (χ0v) is 28.2. The Bertz CT molecular complexity index is 1960. The van der Waals surface area contributed by atoms with Gasteiger partial charge in [-0.25, -0.2) is 18.4 Å². The average molecular weight is 707 g/mol. The third-order valence-electron chi connectivity index (χ3n) is 7.22. The van der Waals surface area contributed by atoms with Gasteiger partial charge in [0.15, 0.2) is 0 Å². The molecule has 0 radical (unpaired) electrons. The fourth-order valence-electron chi connectivity index (χ4n) is 4.76. The van der Waals surface area contributed by atoms with Gasteiger partial charge in [-0.15, -0.1) is 0 Å². The molecule has 0 bridgehead atoms. The summed E-state index contributed by atoms with van der Waals surface area (Å²) in [4.78, 5) is 44.5. The van der Waals surface area contributed by atoms with Crippen LogP contribution in [0.15, 0.2) is 97.3 Å². The lowest BCUT2D eigenvalue weighted by Gasteiger charge is -2.16. The Labute approximate surface area is 292 Å². The SMILES string of the molecule is COC(=O)c1cc(Cl)cnc1Cc1cccc(F)c1.COC(=O)c1ccc([C@H](C)NC(=O)c2cc(Cl)cnc2Cc2cccc(F)c2)cc1. The number of carbonyl (C=O) groups excluding carboxylic acids is 3. The van der Waals surface area contributed by atoms with Gasteiger partial charge < -0.3 is 14.8 Å². The molecular weight excluding hydrogens is 675 g/mol. The second-order valence-electron chi connectivity index (χ2n) is 10.7. The van der Waals surface area contributed by atoms with Gasteiger partial charge in [-0.1, -0.05) is 59.6 Å². The van der Waals surface area contributed by atoms with Crippen LogP contribution in [-0.2, 0) is 22.3 Å². The summed E-state index contributed by atoms with van der Waals surface area (Å²) in [5, 5.41) is 3.59. The van der Waals surface area contributed by atoms with Crippen molar-refractivity contribution in [3.05, 3.63) is 164 Å². The van der Waals surface area contributed by atoms with Crippen LogP contribution < -0.4 is 5.32 Å². The molecule has 1 N–H and O–H groups in total. The van der Waals surface area contributed by atoms with Crippen LogP contribution in [0.5, 0.6) is 0 Å². The first kappa shape index (κ1) is 36.6. The van der Waals surface area contributed by atoms with Crippen LogP contribution in [0.3, 0.4) is 0 Å². The van der Waals surface area contributed by atoms with E-state index >= 15 is 0 Å². The molecule has 1 atom stereocenters. The van der Waals surface area contributed by atoms with Gasteiger partial charge in [0.25, 0.3) is 5.91 Å². The minimum absolute atomic E-state index is 0.291. The van der Waals surface area contributed by atoms with E-state index < -0.39 is 11.9 Å². The highest BCUT2D eigenvalue weighted by Gasteiger charge is 2.18. The smallest absolute Gasteiger partial charge is 0.339 e. The van der Waals surface area contributed by atoms with Crippen LogP contribution in [0.4, 0.5) is 8.78 Å². The van der Waals surface area contributed by atoms with Crippen LogP contribution in [0.1, 0.15) is 72.1 Å². The third kappa shape index (κ3) is 10.4. The van der Waals surface area contributed by atoms with Gasteiger partial charge in [-0.3, -0.25) is 14.8 Å². The number of halogens is 4. The van der Waals surface area contributed by atoms with Gasteiger partial charge in [0.2, 0.25) is 0 Å². The molecule has 12 heteroatoms. The Morgan fingerprint density at radius 2 is 1.20 bits per heavy atom. The minimum atomic E-state index is -0.513. The molecule has 0 aliphatic carbocycles. The highest BCUT2D eigenvalue weighted by molar-refractivity contribution is 6.31. The van der Waals surface area contributed by atoms with E-state index in [1.165, 1.54) is 56.9 Å². The molecule has 5 aromatic rings. The predicted octanol–water partition coefficient (Wildman–Crippen LogP) is 7.99. The van der Waals surface area contributed by atoms with Crippen molar-refractivity contribution < 1.29 is 32.6 Å². The fraction of sp³-hybridized carbons (Fsp3) is 0.162. The van der Waals surface area contributed by atoms with E-state index in [9.17, 15) is 23.2 Å². The minimum Gasteiger partial charge on any atom is -0.465 e. The molecule has 49 heavy (non-hydrogen) atoms. The predicted molar refractivity (Wildman–Crippen MR) is 182 cm³/mol. The summed E-state index contributed by atoms with van der Waals surface area (Å²) in [6, 6.07) is 21.8. The second kappa shape index (κ2) is 17.3. The lowest BCUT2D eigenvalue weighted by molar-refractivity contribution is 0.0591. The number of carbonyl (C=O) groups is 3. The Morgan fingerprint density at radius 1 is 0.714 bits per heavy atom.